The first-order valence-electron chi connectivity index (χ1n) is 10.1. The van der Waals surface area contributed by atoms with Gasteiger partial charge in [0.25, 0.3) is 0 Å². The van der Waals surface area contributed by atoms with Gasteiger partial charge in [-0.25, -0.2) is 0 Å². The number of aryl methyl sites for hydroxylation is 4. The summed E-state index contributed by atoms with van der Waals surface area (Å²) in [4.78, 5) is 0. The van der Waals surface area contributed by atoms with Crippen molar-refractivity contribution in [3.8, 4) is 0 Å². The zero-order chi connectivity index (χ0) is 18.1. The Hall–Kier alpha value is -1.56. The molecule has 0 aliphatic heterocycles. The van der Waals surface area contributed by atoms with E-state index in [2.05, 4.69) is 76.2 Å². The summed E-state index contributed by atoms with van der Waals surface area (Å²) in [5.74, 6) is 1.68. The van der Waals surface area contributed by atoms with Gasteiger partial charge in [0.1, 0.15) is 0 Å². The maximum Gasteiger partial charge on any atom is -0.0276 e. The first kappa shape index (κ1) is 19.8. The van der Waals surface area contributed by atoms with E-state index >= 15 is 0 Å². The van der Waals surface area contributed by atoms with E-state index in [1.165, 1.54) is 67.2 Å². The molecule has 0 nitrogen and oxygen atoms in total. The lowest BCUT2D eigenvalue weighted by atomic mass is 9.91. The maximum atomic E-state index is 2.42. The maximum absolute atomic E-state index is 2.42. The second-order valence-corrected chi connectivity index (χ2v) is 8.19. The van der Waals surface area contributed by atoms with Crippen LogP contribution in [0.3, 0.4) is 0 Å². The molecule has 0 saturated heterocycles. The van der Waals surface area contributed by atoms with Crippen molar-refractivity contribution in [3.63, 3.8) is 0 Å². The lowest BCUT2D eigenvalue weighted by molar-refractivity contribution is 0.411. The molecule has 2 aromatic rings. The number of rotatable bonds is 10. The predicted molar refractivity (Wildman–Crippen MR) is 111 cm³/mol. The summed E-state index contributed by atoms with van der Waals surface area (Å²) in [6, 6.07) is 18.1. The van der Waals surface area contributed by atoms with Crippen LogP contribution in [0.4, 0.5) is 0 Å². The average Bonchev–Trinajstić information content (AvgIpc) is 2.61. The zero-order valence-electron chi connectivity index (χ0n) is 16.7. The van der Waals surface area contributed by atoms with Crippen LogP contribution in [-0.2, 0) is 12.8 Å². The Balaban J connectivity index is 1.57. The van der Waals surface area contributed by atoms with E-state index in [1.54, 1.807) is 0 Å². The van der Waals surface area contributed by atoms with E-state index in [0.717, 1.165) is 11.8 Å². The topological polar surface area (TPSA) is 0 Å². The van der Waals surface area contributed by atoms with Crippen LogP contribution in [0, 0.1) is 25.7 Å². The summed E-state index contributed by atoms with van der Waals surface area (Å²) in [7, 11) is 0. The summed E-state index contributed by atoms with van der Waals surface area (Å²) >= 11 is 0. The second kappa shape index (κ2) is 10.4. The van der Waals surface area contributed by atoms with Gasteiger partial charge in [0, 0.05) is 0 Å². The van der Waals surface area contributed by atoms with E-state index in [4.69, 9.17) is 0 Å². The molecule has 136 valence electrons. The number of hydrogen-bond acceptors (Lipinski definition) is 0. The normalized spacial score (nSPS) is 13.6. The summed E-state index contributed by atoms with van der Waals surface area (Å²) in [5, 5.41) is 0. The van der Waals surface area contributed by atoms with Gasteiger partial charge in [0.15, 0.2) is 0 Å². The molecule has 0 amide bonds. The van der Waals surface area contributed by atoms with Crippen molar-refractivity contribution < 1.29 is 0 Å². The minimum absolute atomic E-state index is 0.839. The molecular formula is C25H36. The molecule has 0 heteroatoms. The van der Waals surface area contributed by atoms with Crippen molar-refractivity contribution in [1.82, 2.24) is 0 Å². The van der Waals surface area contributed by atoms with Crippen molar-refractivity contribution in [2.75, 3.05) is 0 Å². The molecule has 0 aliphatic carbocycles. The molecule has 25 heavy (non-hydrogen) atoms. The molecule has 0 bridgehead atoms. The minimum atomic E-state index is 0.839. The van der Waals surface area contributed by atoms with Crippen molar-refractivity contribution in [3.05, 3.63) is 70.8 Å². The van der Waals surface area contributed by atoms with E-state index in [0.29, 0.717) is 0 Å². The Morgan fingerprint density at radius 3 is 1.28 bits per heavy atom. The molecule has 0 fully saturated rings. The van der Waals surface area contributed by atoms with Crippen LogP contribution >= 0.6 is 0 Å². The molecule has 2 atom stereocenters. The van der Waals surface area contributed by atoms with Crippen molar-refractivity contribution in [2.45, 2.75) is 72.6 Å². The average molecular weight is 337 g/mol. The largest absolute Gasteiger partial charge is 0.0625 e. The smallest absolute Gasteiger partial charge is 0.0276 e. The van der Waals surface area contributed by atoms with Gasteiger partial charge in [-0.2, -0.15) is 0 Å². The van der Waals surface area contributed by atoms with Crippen LogP contribution in [0.2, 0.25) is 0 Å². The monoisotopic (exact) mass is 336 g/mol. The third kappa shape index (κ3) is 7.90. The van der Waals surface area contributed by atoms with Crippen LogP contribution in [0.1, 0.15) is 68.2 Å². The van der Waals surface area contributed by atoms with Gasteiger partial charge in [-0.05, 0) is 62.5 Å². The highest BCUT2D eigenvalue weighted by molar-refractivity contribution is 5.22. The molecule has 0 aliphatic rings. The highest BCUT2D eigenvalue weighted by Crippen LogP contribution is 2.20. The van der Waals surface area contributed by atoms with Gasteiger partial charge in [-0.15, -0.1) is 0 Å². The first-order valence-corrected chi connectivity index (χ1v) is 10.1. The van der Waals surface area contributed by atoms with Gasteiger partial charge in [0.05, 0.1) is 0 Å². The van der Waals surface area contributed by atoms with Gasteiger partial charge in [-0.3, -0.25) is 0 Å². The van der Waals surface area contributed by atoms with E-state index in [-0.39, 0.29) is 0 Å². The van der Waals surface area contributed by atoms with E-state index < -0.39 is 0 Å². The third-order valence-electron chi connectivity index (χ3n) is 5.49. The fourth-order valence-electron chi connectivity index (χ4n) is 3.44. The molecule has 0 heterocycles. The van der Waals surface area contributed by atoms with Crippen molar-refractivity contribution in [2.24, 2.45) is 11.8 Å². The molecule has 2 rings (SSSR count). The van der Waals surface area contributed by atoms with Gasteiger partial charge >= 0.3 is 0 Å². The Morgan fingerprint density at radius 2 is 0.920 bits per heavy atom. The van der Waals surface area contributed by atoms with Gasteiger partial charge in [-0.1, -0.05) is 92.8 Å². The molecule has 0 radical (unpaired) electrons. The molecule has 0 N–H and O–H groups in total. The van der Waals surface area contributed by atoms with Crippen molar-refractivity contribution in [1.29, 1.82) is 0 Å². The molecule has 0 saturated carbocycles. The molecule has 0 spiro atoms. The van der Waals surface area contributed by atoms with Crippen molar-refractivity contribution >= 4 is 0 Å². The molecule has 2 aromatic carbocycles. The Bertz CT molecular complexity index is 535. The Kier molecular flexibility index (Phi) is 8.25. The molecule has 0 aromatic heterocycles. The van der Waals surface area contributed by atoms with Gasteiger partial charge < -0.3 is 0 Å². The minimum Gasteiger partial charge on any atom is -0.0625 e. The van der Waals surface area contributed by atoms with Gasteiger partial charge in [0.2, 0.25) is 0 Å². The number of hydrogen-bond donors (Lipinski definition) is 0. The lowest BCUT2D eigenvalue weighted by Gasteiger charge is -2.15. The third-order valence-corrected chi connectivity index (χ3v) is 5.49. The Morgan fingerprint density at radius 1 is 0.560 bits per heavy atom. The van der Waals surface area contributed by atoms with E-state index in [1.807, 2.05) is 0 Å². The van der Waals surface area contributed by atoms with Crippen LogP contribution in [0.15, 0.2) is 48.5 Å². The van der Waals surface area contributed by atoms with E-state index in [9.17, 15) is 0 Å². The summed E-state index contributed by atoms with van der Waals surface area (Å²) in [6.07, 6.45) is 9.22. The highest BCUT2D eigenvalue weighted by Gasteiger charge is 2.07. The fraction of sp³-hybridized carbons (Fsp3) is 0.520. The summed E-state index contributed by atoms with van der Waals surface area (Å²) in [6.45, 7) is 9.16. The fourth-order valence-corrected chi connectivity index (χ4v) is 3.44. The van der Waals surface area contributed by atoms with Crippen LogP contribution < -0.4 is 0 Å². The summed E-state index contributed by atoms with van der Waals surface area (Å²) < 4.78 is 0. The number of benzene rings is 2. The Labute approximate surface area is 155 Å². The summed E-state index contributed by atoms with van der Waals surface area (Å²) in [5.41, 5.74) is 5.70. The van der Waals surface area contributed by atoms with Crippen LogP contribution in [0.5, 0.6) is 0 Å². The van der Waals surface area contributed by atoms with Crippen LogP contribution in [0.25, 0.3) is 0 Å². The molecular weight excluding hydrogens is 300 g/mol. The second-order valence-electron chi connectivity index (χ2n) is 8.19. The quantitative estimate of drug-likeness (QED) is 0.426. The first-order chi connectivity index (χ1) is 12.0. The predicted octanol–water partition coefficient (Wildman–Crippen LogP) is 7.31. The highest BCUT2D eigenvalue weighted by atomic mass is 14.1. The zero-order valence-corrected chi connectivity index (χ0v) is 16.7. The molecule has 2 unspecified atom stereocenters. The van der Waals surface area contributed by atoms with Crippen LogP contribution in [-0.4, -0.2) is 0 Å². The standard InChI is InChI=1S/C25H36/c1-20(8-14-24-16-10-22(3)11-17-24)6-5-7-21(2)9-15-25-18-12-23(4)13-19-25/h10-13,16-21H,5-9,14-15H2,1-4H3. The SMILES string of the molecule is Cc1ccc(CCC(C)CCCC(C)CCc2ccc(C)cc2)cc1. The lowest BCUT2D eigenvalue weighted by Crippen LogP contribution is -2.01.